The monoisotopic (exact) mass is 316 g/mol. The zero-order valence-corrected chi connectivity index (χ0v) is 12.8. The largest absolute Gasteiger partial charge is 0.393 e. The number of aliphatic hydroxyl groups excluding tert-OH is 1. The van der Waals surface area contributed by atoms with Crippen molar-refractivity contribution in [1.29, 1.82) is 0 Å². The van der Waals surface area contributed by atoms with Gasteiger partial charge in [0, 0.05) is 36.8 Å². The maximum absolute atomic E-state index is 12.1. The van der Waals surface area contributed by atoms with Gasteiger partial charge < -0.3 is 14.9 Å². The van der Waals surface area contributed by atoms with Crippen molar-refractivity contribution in [3.05, 3.63) is 30.4 Å². The van der Waals surface area contributed by atoms with Gasteiger partial charge in [-0.3, -0.25) is 9.78 Å². The molecule has 7 heteroatoms. The SMILES string of the molecule is O=C(NCCc1nc(-c2cccnc2)no1)[C@H]1CCC[C@@H](O)C1. The van der Waals surface area contributed by atoms with Gasteiger partial charge in [-0.2, -0.15) is 4.98 Å². The Balaban J connectivity index is 1.47. The fourth-order valence-electron chi connectivity index (χ4n) is 2.81. The van der Waals surface area contributed by atoms with E-state index in [9.17, 15) is 9.90 Å². The molecule has 2 N–H and O–H groups in total. The molecule has 2 aromatic rings. The number of carbonyl (C=O) groups is 1. The molecule has 0 radical (unpaired) electrons. The second kappa shape index (κ2) is 7.32. The molecule has 1 amide bonds. The summed E-state index contributed by atoms with van der Waals surface area (Å²) in [6.45, 7) is 0.445. The lowest BCUT2D eigenvalue weighted by Gasteiger charge is -2.24. The Bertz CT molecular complexity index is 644. The molecule has 0 saturated heterocycles. The summed E-state index contributed by atoms with van der Waals surface area (Å²) in [4.78, 5) is 20.4. The summed E-state index contributed by atoms with van der Waals surface area (Å²) in [7, 11) is 0. The number of aliphatic hydroxyl groups is 1. The van der Waals surface area contributed by atoms with Crippen LogP contribution < -0.4 is 5.32 Å². The fraction of sp³-hybridized carbons (Fsp3) is 0.500. The Morgan fingerprint density at radius 1 is 1.43 bits per heavy atom. The zero-order chi connectivity index (χ0) is 16.1. The molecule has 0 bridgehead atoms. The normalized spacial score (nSPS) is 21.1. The van der Waals surface area contributed by atoms with Crippen LogP contribution in [0.5, 0.6) is 0 Å². The minimum atomic E-state index is -0.350. The van der Waals surface area contributed by atoms with Crippen molar-refractivity contribution in [2.24, 2.45) is 5.92 Å². The summed E-state index contributed by atoms with van der Waals surface area (Å²) in [6, 6.07) is 3.67. The van der Waals surface area contributed by atoms with Crippen LogP contribution in [0.15, 0.2) is 29.0 Å². The quantitative estimate of drug-likeness (QED) is 0.863. The molecule has 1 saturated carbocycles. The lowest BCUT2D eigenvalue weighted by Crippen LogP contribution is -2.36. The standard InChI is InChI=1S/C16H20N4O3/c21-13-5-1-3-11(9-13)16(22)18-8-6-14-19-15(20-23-14)12-4-2-7-17-10-12/h2,4,7,10-11,13,21H,1,3,5-6,8-9H2,(H,18,22)/t11-,13+/m0/s1. The second-order valence-corrected chi connectivity index (χ2v) is 5.81. The summed E-state index contributed by atoms with van der Waals surface area (Å²) in [5, 5.41) is 16.4. The van der Waals surface area contributed by atoms with Crippen molar-refractivity contribution in [2.45, 2.75) is 38.2 Å². The van der Waals surface area contributed by atoms with Crippen molar-refractivity contribution >= 4 is 5.91 Å². The van der Waals surface area contributed by atoms with Crippen LogP contribution in [0, 0.1) is 5.92 Å². The molecular formula is C16H20N4O3. The Morgan fingerprint density at radius 3 is 3.13 bits per heavy atom. The van der Waals surface area contributed by atoms with E-state index < -0.39 is 0 Å². The van der Waals surface area contributed by atoms with Crippen molar-refractivity contribution in [2.75, 3.05) is 6.54 Å². The molecule has 1 aliphatic carbocycles. The van der Waals surface area contributed by atoms with Crippen LogP contribution in [0.4, 0.5) is 0 Å². The number of pyridine rings is 1. The van der Waals surface area contributed by atoms with E-state index in [0.29, 0.717) is 31.1 Å². The van der Waals surface area contributed by atoms with Gasteiger partial charge >= 0.3 is 0 Å². The first kappa shape index (κ1) is 15.6. The summed E-state index contributed by atoms with van der Waals surface area (Å²) in [6.07, 6.45) is 6.57. The lowest BCUT2D eigenvalue weighted by atomic mass is 9.87. The van der Waals surface area contributed by atoms with Gasteiger partial charge in [-0.25, -0.2) is 0 Å². The number of nitrogens with zero attached hydrogens (tertiary/aromatic N) is 3. The molecule has 2 heterocycles. The van der Waals surface area contributed by atoms with Gasteiger partial charge in [-0.05, 0) is 31.4 Å². The zero-order valence-electron chi connectivity index (χ0n) is 12.8. The number of hydrogen-bond acceptors (Lipinski definition) is 6. The van der Waals surface area contributed by atoms with E-state index >= 15 is 0 Å². The van der Waals surface area contributed by atoms with Crippen molar-refractivity contribution in [1.82, 2.24) is 20.4 Å². The van der Waals surface area contributed by atoms with E-state index in [1.165, 1.54) is 0 Å². The average Bonchev–Trinajstić information content (AvgIpc) is 3.04. The van der Waals surface area contributed by atoms with Crippen LogP contribution in [0.1, 0.15) is 31.6 Å². The summed E-state index contributed by atoms with van der Waals surface area (Å²) >= 11 is 0. The molecule has 0 unspecified atom stereocenters. The van der Waals surface area contributed by atoms with Gasteiger partial charge in [0.05, 0.1) is 6.10 Å². The maximum Gasteiger partial charge on any atom is 0.228 e. The molecule has 23 heavy (non-hydrogen) atoms. The average molecular weight is 316 g/mol. The molecule has 122 valence electrons. The first-order valence-electron chi connectivity index (χ1n) is 7.91. The molecule has 0 aliphatic heterocycles. The third kappa shape index (κ3) is 4.13. The minimum Gasteiger partial charge on any atom is -0.393 e. The number of carbonyl (C=O) groups excluding carboxylic acids is 1. The molecule has 0 aromatic carbocycles. The molecule has 7 nitrogen and oxygen atoms in total. The Hall–Kier alpha value is -2.28. The van der Waals surface area contributed by atoms with Crippen LogP contribution in [-0.4, -0.2) is 38.8 Å². The van der Waals surface area contributed by atoms with Gasteiger partial charge in [0.25, 0.3) is 0 Å². The fourth-order valence-corrected chi connectivity index (χ4v) is 2.81. The molecule has 3 rings (SSSR count). The van der Waals surface area contributed by atoms with E-state index in [0.717, 1.165) is 24.8 Å². The van der Waals surface area contributed by atoms with Gasteiger partial charge in [-0.1, -0.05) is 11.6 Å². The third-order valence-electron chi connectivity index (χ3n) is 4.04. The van der Waals surface area contributed by atoms with Crippen LogP contribution in [0.2, 0.25) is 0 Å². The number of nitrogens with one attached hydrogen (secondary N) is 1. The first-order chi connectivity index (χ1) is 11.2. The molecule has 2 aromatic heterocycles. The number of hydrogen-bond donors (Lipinski definition) is 2. The highest BCUT2D eigenvalue weighted by atomic mass is 16.5. The highest BCUT2D eigenvalue weighted by molar-refractivity contribution is 5.78. The molecule has 2 atom stereocenters. The van der Waals surface area contributed by atoms with E-state index in [1.807, 2.05) is 12.1 Å². The van der Waals surface area contributed by atoms with Crippen molar-refractivity contribution in [3.8, 4) is 11.4 Å². The predicted molar refractivity (Wildman–Crippen MR) is 82.2 cm³/mol. The summed E-state index contributed by atoms with van der Waals surface area (Å²) < 4.78 is 5.18. The van der Waals surface area contributed by atoms with Crippen molar-refractivity contribution in [3.63, 3.8) is 0 Å². The maximum atomic E-state index is 12.1. The predicted octanol–water partition coefficient (Wildman–Crippen LogP) is 1.34. The summed E-state index contributed by atoms with van der Waals surface area (Å²) in [5.41, 5.74) is 0.794. The highest BCUT2D eigenvalue weighted by Crippen LogP contribution is 2.24. The molecule has 1 aliphatic rings. The Labute approximate surface area is 134 Å². The topological polar surface area (TPSA) is 101 Å². The van der Waals surface area contributed by atoms with Crippen molar-refractivity contribution < 1.29 is 14.4 Å². The van der Waals surface area contributed by atoms with Gasteiger partial charge in [0.1, 0.15) is 0 Å². The first-order valence-corrected chi connectivity index (χ1v) is 7.91. The molecule has 0 spiro atoms. The van der Waals surface area contributed by atoms with Crippen LogP contribution in [0.25, 0.3) is 11.4 Å². The Morgan fingerprint density at radius 2 is 2.35 bits per heavy atom. The molecule has 1 fully saturated rings. The highest BCUT2D eigenvalue weighted by Gasteiger charge is 2.25. The third-order valence-corrected chi connectivity index (χ3v) is 4.04. The van der Waals surface area contributed by atoms with E-state index in [4.69, 9.17) is 4.52 Å². The number of amides is 1. The summed E-state index contributed by atoms with van der Waals surface area (Å²) in [5.74, 6) is 0.880. The van der Waals surface area contributed by atoms with Crippen LogP contribution in [0.3, 0.4) is 0 Å². The Kier molecular flexibility index (Phi) is 4.97. The van der Waals surface area contributed by atoms with Crippen LogP contribution in [-0.2, 0) is 11.2 Å². The van der Waals surface area contributed by atoms with Gasteiger partial charge in [0.15, 0.2) is 0 Å². The van der Waals surface area contributed by atoms with E-state index in [-0.39, 0.29) is 17.9 Å². The number of aromatic nitrogens is 3. The van der Waals surface area contributed by atoms with E-state index in [2.05, 4.69) is 20.4 Å². The van der Waals surface area contributed by atoms with E-state index in [1.54, 1.807) is 12.4 Å². The van der Waals surface area contributed by atoms with Crippen LogP contribution >= 0.6 is 0 Å². The van der Waals surface area contributed by atoms with Gasteiger partial charge in [0.2, 0.25) is 17.6 Å². The smallest absolute Gasteiger partial charge is 0.228 e. The van der Waals surface area contributed by atoms with Gasteiger partial charge in [-0.15, -0.1) is 0 Å². The molecular weight excluding hydrogens is 296 g/mol. The minimum absolute atomic E-state index is 0.00394. The number of rotatable bonds is 5. The lowest BCUT2D eigenvalue weighted by molar-refractivity contribution is -0.127. The second-order valence-electron chi connectivity index (χ2n) is 5.81.